The van der Waals surface area contributed by atoms with Crippen molar-refractivity contribution in [1.82, 2.24) is 19.8 Å². The van der Waals surface area contributed by atoms with Gasteiger partial charge in [0.25, 0.3) is 0 Å². The molecule has 1 saturated heterocycles. The third-order valence-corrected chi connectivity index (χ3v) is 1.99. The lowest BCUT2D eigenvalue weighted by Gasteiger charge is -2.11. The quantitative estimate of drug-likeness (QED) is 0.633. The molecule has 0 saturated carbocycles. The third-order valence-electron chi connectivity index (χ3n) is 1.99. The number of nitrogens with zero attached hydrogens (tertiary/aromatic N) is 4. The van der Waals surface area contributed by atoms with Crippen molar-refractivity contribution < 1.29 is 9.94 Å². The number of hydrogen-bond donors (Lipinski definition) is 1. The summed E-state index contributed by atoms with van der Waals surface area (Å²) in [5.41, 5.74) is 0. The first-order valence-corrected chi connectivity index (χ1v) is 4.14. The fourth-order valence-electron chi connectivity index (χ4n) is 1.25. The molecule has 1 aromatic heterocycles. The minimum atomic E-state index is -0.381. The summed E-state index contributed by atoms with van der Waals surface area (Å²) in [6.45, 7) is 1.47. The van der Waals surface area contributed by atoms with Crippen molar-refractivity contribution in [3.05, 3.63) is 12.2 Å². The van der Waals surface area contributed by atoms with Crippen LogP contribution in [0.3, 0.4) is 0 Å². The number of aryl methyl sites for hydroxylation is 1. The van der Waals surface area contributed by atoms with Crippen LogP contribution in [0, 0.1) is 0 Å². The number of aliphatic hydroxyl groups excluding tert-OH is 1. The Balaban J connectivity index is 1.95. The van der Waals surface area contributed by atoms with Gasteiger partial charge >= 0.3 is 0 Å². The number of β-amino-alcohol motifs (C(OH)–C–C–N with tert-alkyl or cyclic N) is 1. The molecule has 0 amide bonds. The van der Waals surface area contributed by atoms with Gasteiger partial charge in [-0.2, -0.15) is 5.06 Å². The van der Waals surface area contributed by atoms with E-state index in [2.05, 4.69) is 10.2 Å². The second kappa shape index (κ2) is 3.41. The Morgan fingerprint density at radius 2 is 2.62 bits per heavy atom. The fraction of sp³-hybridized carbons (Fsp3) is 0.714. The maximum atomic E-state index is 9.19. The topological polar surface area (TPSA) is 63.4 Å². The predicted octanol–water partition coefficient (Wildman–Crippen LogP) is -1.08. The Bertz CT molecular complexity index is 288. The minimum absolute atomic E-state index is 0.373. The summed E-state index contributed by atoms with van der Waals surface area (Å²) in [5, 5.41) is 18.5. The molecule has 6 nitrogen and oxygen atoms in total. The standard InChI is InChI=1S/C7H12N4O2/c1-10-5-8-9-7(10)3-11-2-6(12)4-13-11/h5-6,12H,2-4H2,1H3. The van der Waals surface area contributed by atoms with Crippen molar-refractivity contribution in [2.24, 2.45) is 7.05 Å². The SMILES string of the molecule is Cn1cnnc1CN1CC(O)CO1. The Morgan fingerprint density at radius 1 is 1.77 bits per heavy atom. The first-order chi connectivity index (χ1) is 6.25. The van der Waals surface area contributed by atoms with Gasteiger partial charge in [-0.1, -0.05) is 0 Å². The zero-order valence-corrected chi connectivity index (χ0v) is 7.42. The molecule has 0 bridgehead atoms. The van der Waals surface area contributed by atoms with Gasteiger partial charge in [-0.3, -0.25) is 4.84 Å². The van der Waals surface area contributed by atoms with Crippen LogP contribution in [-0.2, 0) is 18.4 Å². The molecule has 0 aliphatic carbocycles. The molecule has 2 rings (SSSR count). The van der Waals surface area contributed by atoms with Crippen molar-refractivity contribution in [3.8, 4) is 0 Å². The number of hydrogen-bond acceptors (Lipinski definition) is 5. The number of rotatable bonds is 2. The van der Waals surface area contributed by atoms with E-state index in [1.54, 1.807) is 11.4 Å². The van der Waals surface area contributed by atoms with Gasteiger partial charge < -0.3 is 9.67 Å². The molecule has 1 fully saturated rings. The Hall–Kier alpha value is -0.980. The molecular weight excluding hydrogens is 172 g/mol. The second-order valence-electron chi connectivity index (χ2n) is 3.13. The lowest BCUT2D eigenvalue weighted by atomic mass is 10.4. The summed E-state index contributed by atoms with van der Waals surface area (Å²) in [4.78, 5) is 5.20. The van der Waals surface area contributed by atoms with Gasteiger partial charge in [0, 0.05) is 7.05 Å². The average Bonchev–Trinajstić information content (AvgIpc) is 2.64. The van der Waals surface area contributed by atoms with E-state index in [1.807, 2.05) is 11.6 Å². The molecular formula is C7H12N4O2. The molecule has 0 spiro atoms. The zero-order chi connectivity index (χ0) is 9.26. The van der Waals surface area contributed by atoms with Crippen molar-refractivity contribution in [2.45, 2.75) is 12.6 Å². The first-order valence-electron chi connectivity index (χ1n) is 4.14. The molecule has 0 radical (unpaired) electrons. The van der Waals surface area contributed by atoms with Crippen LogP contribution in [0.1, 0.15) is 5.82 Å². The van der Waals surface area contributed by atoms with Crippen LogP contribution >= 0.6 is 0 Å². The second-order valence-corrected chi connectivity index (χ2v) is 3.13. The van der Waals surface area contributed by atoms with E-state index in [9.17, 15) is 5.11 Å². The lowest BCUT2D eigenvalue weighted by molar-refractivity contribution is -0.119. The predicted molar refractivity (Wildman–Crippen MR) is 43.4 cm³/mol. The number of hydroxylamine groups is 2. The largest absolute Gasteiger partial charge is 0.389 e. The van der Waals surface area contributed by atoms with Crippen LogP contribution in [0.15, 0.2) is 6.33 Å². The van der Waals surface area contributed by atoms with E-state index >= 15 is 0 Å². The molecule has 0 aromatic carbocycles. The van der Waals surface area contributed by atoms with Gasteiger partial charge in [0.15, 0.2) is 0 Å². The Morgan fingerprint density at radius 3 is 3.15 bits per heavy atom. The lowest BCUT2D eigenvalue weighted by Crippen LogP contribution is -2.22. The van der Waals surface area contributed by atoms with Gasteiger partial charge in [-0.15, -0.1) is 10.2 Å². The van der Waals surface area contributed by atoms with Crippen molar-refractivity contribution in [3.63, 3.8) is 0 Å². The van der Waals surface area contributed by atoms with E-state index in [0.717, 1.165) is 5.82 Å². The molecule has 6 heteroatoms. The smallest absolute Gasteiger partial charge is 0.149 e. The summed E-state index contributed by atoms with van der Waals surface area (Å²) in [6.07, 6.45) is 1.26. The molecule has 2 heterocycles. The highest BCUT2D eigenvalue weighted by Crippen LogP contribution is 2.08. The van der Waals surface area contributed by atoms with Gasteiger partial charge in [0.2, 0.25) is 0 Å². The van der Waals surface area contributed by atoms with E-state index in [4.69, 9.17) is 4.84 Å². The number of aromatic nitrogens is 3. The molecule has 1 N–H and O–H groups in total. The van der Waals surface area contributed by atoms with E-state index < -0.39 is 0 Å². The van der Waals surface area contributed by atoms with Crippen LogP contribution < -0.4 is 0 Å². The monoisotopic (exact) mass is 184 g/mol. The summed E-state index contributed by atoms with van der Waals surface area (Å²) in [5.74, 6) is 0.828. The van der Waals surface area contributed by atoms with Crippen molar-refractivity contribution in [1.29, 1.82) is 0 Å². The third kappa shape index (κ3) is 1.85. The molecule has 72 valence electrons. The molecule has 13 heavy (non-hydrogen) atoms. The molecule has 1 aliphatic rings. The van der Waals surface area contributed by atoms with Crippen molar-refractivity contribution >= 4 is 0 Å². The molecule has 1 aromatic rings. The van der Waals surface area contributed by atoms with Crippen molar-refractivity contribution in [2.75, 3.05) is 13.2 Å². The fourth-order valence-corrected chi connectivity index (χ4v) is 1.25. The molecule has 1 unspecified atom stereocenters. The number of aliphatic hydroxyl groups is 1. The van der Waals surface area contributed by atoms with Crippen LogP contribution in [0.2, 0.25) is 0 Å². The zero-order valence-electron chi connectivity index (χ0n) is 7.42. The van der Waals surface area contributed by atoms with E-state index in [-0.39, 0.29) is 6.10 Å². The first kappa shape index (κ1) is 8.61. The van der Waals surface area contributed by atoms with Crippen LogP contribution in [0.5, 0.6) is 0 Å². The Kier molecular flexibility index (Phi) is 2.26. The van der Waals surface area contributed by atoms with E-state index in [0.29, 0.717) is 19.7 Å². The maximum Gasteiger partial charge on any atom is 0.149 e. The summed E-state index contributed by atoms with van der Waals surface area (Å²) >= 11 is 0. The van der Waals surface area contributed by atoms with Gasteiger partial charge in [-0.25, -0.2) is 0 Å². The summed E-state index contributed by atoms with van der Waals surface area (Å²) < 4.78 is 1.83. The van der Waals surface area contributed by atoms with Gasteiger partial charge in [-0.05, 0) is 0 Å². The van der Waals surface area contributed by atoms with Crippen LogP contribution in [0.4, 0.5) is 0 Å². The van der Waals surface area contributed by atoms with Gasteiger partial charge in [0.05, 0.1) is 25.8 Å². The van der Waals surface area contributed by atoms with Crippen LogP contribution in [0.25, 0.3) is 0 Å². The Labute approximate surface area is 75.7 Å². The van der Waals surface area contributed by atoms with Gasteiger partial charge in [0.1, 0.15) is 12.2 Å². The summed E-state index contributed by atoms with van der Waals surface area (Å²) in [7, 11) is 1.88. The summed E-state index contributed by atoms with van der Waals surface area (Å²) in [6, 6.07) is 0. The highest BCUT2D eigenvalue weighted by molar-refractivity contribution is 4.83. The molecule has 1 aliphatic heterocycles. The maximum absolute atomic E-state index is 9.19. The normalized spacial score (nSPS) is 24.0. The molecule has 1 atom stereocenters. The highest BCUT2D eigenvalue weighted by atomic mass is 16.7. The average molecular weight is 184 g/mol. The van der Waals surface area contributed by atoms with E-state index in [1.165, 1.54) is 0 Å². The van der Waals surface area contributed by atoms with Crippen LogP contribution in [-0.4, -0.2) is 44.2 Å². The highest BCUT2D eigenvalue weighted by Gasteiger charge is 2.22. The minimum Gasteiger partial charge on any atom is -0.389 e.